The number of benzene rings is 1. The molecule has 0 spiro atoms. The zero-order chi connectivity index (χ0) is 14.0. The summed E-state index contributed by atoms with van der Waals surface area (Å²) < 4.78 is 0. The predicted molar refractivity (Wildman–Crippen MR) is 82.1 cm³/mol. The average molecular weight is 260 g/mol. The second-order valence-electron chi connectivity index (χ2n) is 7.12. The van der Waals surface area contributed by atoms with E-state index in [0.717, 1.165) is 19.6 Å². The van der Waals surface area contributed by atoms with Gasteiger partial charge in [-0.1, -0.05) is 38.1 Å². The van der Waals surface area contributed by atoms with Crippen LogP contribution in [0.25, 0.3) is 0 Å². The van der Waals surface area contributed by atoms with Gasteiger partial charge in [0.25, 0.3) is 0 Å². The molecule has 1 aliphatic heterocycles. The smallest absolute Gasteiger partial charge is 0.0250 e. The predicted octanol–water partition coefficient (Wildman–Crippen LogP) is 3.41. The number of hydrogen-bond acceptors (Lipinski definition) is 2. The van der Waals surface area contributed by atoms with Crippen molar-refractivity contribution in [2.45, 2.75) is 59.3 Å². The second-order valence-corrected chi connectivity index (χ2v) is 7.12. The Morgan fingerprint density at radius 1 is 1.11 bits per heavy atom. The Bertz CT molecular complexity index is 393. The van der Waals surface area contributed by atoms with Crippen LogP contribution < -0.4 is 5.32 Å². The van der Waals surface area contributed by atoms with Crippen LogP contribution in [0, 0.1) is 5.92 Å². The van der Waals surface area contributed by atoms with Crippen molar-refractivity contribution in [3.63, 3.8) is 0 Å². The summed E-state index contributed by atoms with van der Waals surface area (Å²) in [5, 5.41) is 3.67. The lowest BCUT2D eigenvalue weighted by Gasteiger charge is -2.34. The van der Waals surface area contributed by atoms with Gasteiger partial charge in [-0.2, -0.15) is 0 Å². The van der Waals surface area contributed by atoms with E-state index in [1.54, 1.807) is 0 Å². The summed E-state index contributed by atoms with van der Waals surface area (Å²) in [6.45, 7) is 14.6. The molecule has 1 atom stereocenters. The van der Waals surface area contributed by atoms with Crippen LogP contribution in [-0.2, 0) is 13.1 Å². The van der Waals surface area contributed by atoms with Gasteiger partial charge in [0.1, 0.15) is 0 Å². The minimum Gasteiger partial charge on any atom is -0.311 e. The molecule has 2 heteroatoms. The minimum atomic E-state index is 0.194. The molecule has 0 radical (unpaired) electrons. The Morgan fingerprint density at radius 3 is 2.05 bits per heavy atom. The fourth-order valence-electron chi connectivity index (χ4n) is 2.79. The van der Waals surface area contributed by atoms with Crippen molar-refractivity contribution in [2.24, 2.45) is 5.92 Å². The van der Waals surface area contributed by atoms with Crippen LogP contribution >= 0.6 is 0 Å². The van der Waals surface area contributed by atoms with Gasteiger partial charge in [-0.25, -0.2) is 0 Å². The Morgan fingerprint density at radius 2 is 1.63 bits per heavy atom. The molecule has 0 amide bonds. The van der Waals surface area contributed by atoms with Gasteiger partial charge >= 0.3 is 0 Å². The molecule has 1 heterocycles. The van der Waals surface area contributed by atoms with Gasteiger partial charge < -0.3 is 5.32 Å². The highest BCUT2D eigenvalue weighted by Gasteiger charge is 2.28. The quantitative estimate of drug-likeness (QED) is 0.892. The average Bonchev–Trinajstić information content (AvgIpc) is 2.70. The van der Waals surface area contributed by atoms with Gasteiger partial charge in [-0.3, -0.25) is 4.90 Å². The van der Waals surface area contributed by atoms with Crippen LogP contribution in [0.1, 0.15) is 45.7 Å². The normalized spacial score (nSPS) is 17.8. The molecule has 1 aromatic rings. The summed E-state index contributed by atoms with van der Waals surface area (Å²) >= 11 is 0. The minimum absolute atomic E-state index is 0.194. The molecule has 19 heavy (non-hydrogen) atoms. The molecule has 0 aromatic heterocycles. The Kier molecular flexibility index (Phi) is 4.32. The molecule has 2 rings (SSSR count). The van der Waals surface area contributed by atoms with Gasteiger partial charge in [-0.05, 0) is 37.8 Å². The van der Waals surface area contributed by atoms with E-state index in [-0.39, 0.29) is 5.54 Å². The van der Waals surface area contributed by atoms with Crippen molar-refractivity contribution < 1.29 is 0 Å². The Balaban J connectivity index is 2.02. The van der Waals surface area contributed by atoms with E-state index in [2.05, 4.69) is 69.1 Å². The van der Waals surface area contributed by atoms with Crippen molar-refractivity contribution in [2.75, 3.05) is 6.54 Å². The molecular weight excluding hydrogens is 232 g/mol. The van der Waals surface area contributed by atoms with Gasteiger partial charge in [-0.15, -0.1) is 0 Å². The fraction of sp³-hybridized carbons (Fsp3) is 0.647. The molecule has 2 nitrogen and oxygen atoms in total. The highest BCUT2D eigenvalue weighted by atomic mass is 15.2. The molecular formula is C17H28N2. The third kappa shape index (κ3) is 3.80. The van der Waals surface area contributed by atoms with E-state index in [0.29, 0.717) is 12.0 Å². The highest BCUT2D eigenvalue weighted by Crippen LogP contribution is 2.26. The molecule has 1 N–H and O–H groups in total. The molecule has 1 aromatic carbocycles. The van der Waals surface area contributed by atoms with Crippen molar-refractivity contribution >= 4 is 0 Å². The van der Waals surface area contributed by atoms with E-state index in [9.17, 15) is 0 Å². The maximum Gasteiger partial charge on any atom is 0.0250 e. The maximum atomic E-state index is 3.67. The SMILES string of the molecule is CC(C)C(CNC(C)(C)C)N1Cc2ccccc2C1. The van der Waals surface area contributed by atoms with E-state index in [4.69, 9.17) is 0 Å². The molecule has 0 fully saturated rings. The topological polar surface area (TPSA) is 15.3 Å². The molecule has 1 aliphatic rings. The number of rotatable bonds is 4. The summed E-state index contributed by atoms with van der Waals surface area (Å²) in [6.07, 6.45) is 0. The van der Waals surface area contributed by atoms with Crippen molar-refractivity contribution in [1.29, 1.82) is 0 Å². The van der Waals surface area contributed by atoms with Gasteiger partial charge in [0.15, 0.2) is 0 Å². The van der Waals surface area contributed by atoms with Gasteiger partial charge in [0, 0.05) is 31.2 Å². The summed E-state index contributed by atoms with van der Waals surface area (Å²) in [6, 6.07) is 9.44. The second kappa shape index (κ2) is 5.64. The number of hydrogen-bond donors (Lipinski definition) is 1. The summed E-state index contributed by atoms with van der Waals surface area (Å²) in [4.78, 5) is 2.62. The van der Waals surface area contributed by atoms with E-state index in [1.807, 2.05) is 0 Å². The van der Waals surface area contributed by atoms with Crippen LogP contribution in [0.4, 0.5) is 0 Å². The first kappa shape index (κ1) is 14.5. The first-order valence-corrected chi connectivity index (χ1v) is 7.42. The molecule has 1 unspecified atom stereocenters. The molecule has 0 saturated carbocycles. The number of nitrogens with one attached hydrogen (secondary N) is 1. The van der Waals surface area contributed by atoms with Crippen LogP contribution in [0.3, 0.4) is 0 Å². The van der Waals surface area contributed by atoms with E-state index < -0.39 is 0 Å². The Hall–Kier alpha value is -0.860. The fourth-order valence-corrected chi connectivity index (χ4v) is 2.79. The number of nitrogens with zero attached hydrogens (tertiary/aromatic N) is 1. The van der Waals surface area contributed by atoms with E-state index in [1.165, 1.54) is 11.1 Å². The standard InChI is InChI=1S/C17H28N2/c1-13(2)16(10-18-17(3,4)5)19-11-14-8-6-7-9-15(14)12-19/h6-9,13,16,18H,10-12H2,1-5H3. The Labute approximate surface area is 118 Å². The highest BCUT2D eigenvalue weighted by molar-refractivity contribution is 5.30. The lowest BCUT2D eigenvalue weighted by Crippen LogP contribution is -2.48. The summed E-state index contributed by atoms with van der Waals surface area (Å²) in [7, 11) is 0. The monoisotopic (exact) mass is 260 g/mol. The lowest BCUT2D eigenvalue weighted by atomic mass is 10.0. The molecule has 0 aliphatic carbocycles. The van der Waals surface area contributed by atoms with E-state index >= 15 is 0 Å². The zero-order valence-electron chi connectivity index (χ0n) is 13.0. The molecule has 106 valence electrons. The summed E-state index contributed by atoms with van der Waals surface area (Å²) in [5.41, 5.74) is 3.20. The van der Waals surface area contributed by atoms with Crippen LogP contribution in [0.15, 0.2) is 24.3 Å². The number of fused-ring (bicyclic) bond motifs is 1. The van der Waals surface area contributed by atoms with Crippen LogP contribution in [-0.4, -0.2) is 23.0 Å². The van der Waals surface area contributed by atoms with Crippen molar-refractivity contribution in [3.05, 3.63) is 35.4 Å². The zero-order valence-corrected chi connectivity index (χ0v) is 13.0. The van der Waals surface area contributed by atoms with Crippen molar-refractivity contribution in [1.82, 2.24) is 10.2 Å². The third-order valence-electron chi connectivity index (χ3n) is 3.95. The first-order chi connectivity index (χ1) is 8.87. The largest absolute Gasteiger partial charge is 0.311 e. The van der Waals surface area contributed by atoms with Gasteiger partial charge in [0.2, 0.25) is 0 Å². The van der Waals surface area contributed by atoms with Gasteiger partial charge in [0.05, 0.1) is 0 Å². The molecule has 0 bridgehead atoms. The lowest BCUT2D eigenvalue weighted by molar-refractivity contribution is 0.143. The van der Waals surface area contributed by atoms with Crippen LogP contribution in [0.2, 0.25) is 0 Å². The maximum absolute atomic E-state index is 3.67. The first-order valence-electron chi connectivity index (χ1n) is 7.42. The molecule has 0 saturated heterocycles. The third-order valence-corrected chi connectivity index (χ3v) is 3.95. The summed E-state index contributed by atoms with van der Waals surface area (Å²) in [5.74, 6) is 0.671. The van der Waals surface area contributed by atoms with Crippen LogP contribution in [0.5, 0.6) is 0 Å². The van der Waals surface area contributed by atoms with Crippen molar-refractivity contribution in [3.8, 4) is 0 Å².